The topological polar surface area (TPSA) is 74.4 Å². The summed E-state index contributed by atoms with van der Waals surface area (Å²) in [5.74, 6) is 0.0226. The first-order valence-corrected chi connectivity index (χ1v) is 9.93. The summed E-state index contributed by atoms with van der Waals surface area (Å²) in [6, 6.07) is 7.81. The molecular weight excluding hydrogens is 409 g/mol. The molecule has 2 heterocycles. The number of benzene rings is 2. The van der Waals surface area contributed by atoms with Crippen LogP contribution in [0.25, 0.3) is 10.9 Å². The van der Waals surface area contributed by atoms with Crippen molar-refractivity contribution < 1.29 is 13.9 Å². The van der Waals surface area contributed by atoms with Crippen molar-refractivity contribution in [1.82, 2.24) is 9.88 Å². The van der Waals surface area contributed by atoms with E-state index < -0.39 is 0 Å². The highest BCUT2D eigenvalue weighted by atomic mass is 35.5. The van der Waals surface area contributed by atoms with Crippen molar-refractivity contribution in [3.05, 3.63) is 68.2 Å². The van der Waals surface area contributed by atoms with Crippen LogP contribution in [0.4, 0.5) is 10.1 Å². The van der Waals surface area contributed by atoms with E-state index in [2.05, 4.69) is 10.3 Å². The number of carbonyl (C=O) groups is 1. The van der Waals surface area contributed by atoms with Gasteiger partial charge in [-0.2, -0.15) is 0 Å². The summed E-state index contributed by atoms with van der Waals surface area (Å²) in [6.45, 7) is 2.72. The molecule has 1 amide bonds. The van der Waals surface area contributed by atoms with Crippen LogP contribution in [-0.4, -0.2) is 36.0 Å². The second-order valence-corrected chi connectivity index (χ2v) is 7.79. The average molecular weight is 430 g/mol. The molecule has 2 N–H and O–H groups in total. The molecule has 6 nitrogen and oxygen atoms in total. The van der Waals surface area contributed by atoms with Crippen molar-refractivity contribution in [3.8, 4) is 5.75 Å². The van der Waals surface area contributed by atoms with E-state index in [9.17, 15) is 14.0 Å². The lowest BCUT2D eigenvalue weighted by atomic mass is 10.0. The molecule has 0 bridgehead atoms. The Kier molecular flexibility index (Phi) is 5.49. The van der Waals surface area contributed by atoms with Crippen LogP contribution in [0.5, 0.6) is 5.75 Å². The van der Waals surface area contributed by atoms with Gasteiger partial charge in [-0.3, -0.25) is 14.5 Å². The number of H-pyrrole nitrogens is 1. The van der Waals surface area contributed by atoms with Gasteiger partial charge in [0.1, 0.15) is 11.6 Å². The summed E-state index contributed by atoms with van der Waals surface area (Å²) in [7, 11) is 1.55. The van der Waals surface area contributed by atoms with E-state index in [1.54, 1.807) is 32.2 Å². The number of hydrogen-bond acceptors (Lipinski definition) is 4. The highest BCUT2D eigenvalue weighted by molar-refractivity contribution is 6.35. The molecule has 156 valence electrons. The molecule has 30 heavy (non-hydrogen) atoms. The molecule has 0 saturated carbocycles. The molecule has 8 heteroatoms. The number of hydrogen-bond donors (Lipinski definition) is 2. The van der Waals surface area contributed by atoms with E-state index in [-0.39, 0.29) is 23.7 Å². The first-order valence-electron chi connectivity index (χ1n) is 9.56. The number of fused-ring (bicyclic) bond motifs is 2. The van der Waals surface area contributed by atoms with Gasteiger partial charge in [-0.15, -0.1) is 0 Å². The molecule has 0 unspecified atom stereocenters. The number of nitrogens with one attached hydrogen (secondary N) is 2. The molecule has 0 spiro atoms. The van der Waals surface area contributed by atoms with Crippen molar-refractivity contribution in [3.63, 3.8) is 0 Å². The van der Waals surface area contributed by atoms with Gasteiger partial charge < -0.3 is 15.0 Å². The molecular formula is C22H21ClFN3O3. The van der Waals surface area contributed by atoms with Gasteiger partial charge in [0.2, 0.25) is 5.91 Å². The van der Waals surface area contributed by atoms with Crippen molar-refractivity contribution in [1.29, 1.82) is 0 Å². The smallest absolute Gasteiger partial charge is 0.238 e. The fourth-order valence-corrected chi connectivity index (χ4v) is 4.05. The monoisotopic (exact) mass is 429 g/mol. The van der Waals surface area contributed by atoms with Gasteiger partial charge in [-0.25, -0.2) is 4.39 Å². The number of rotatable bonds is 4. The Morgan fingerprint density at radius 3 is 2.87 bits per heavy atom. The van der Waals surface area contributed by atoms with Gasteiger partial charge in [-0.1, -0.05) is 11.6 Å². The number of aryl methyl sites for hydroxylation is 1. The van der Waals surface area contributed by atoms with Crippen LogP contribution < -0.4 is 15.5 Å². The van der Waals surface area contributed by atoms with Gasteiger partial charge in [-0.05, 0) is 42.8 Å². The largest absolute Gasteiger partial charge is 0.495 e. The number of halogens is 2. The van der Waals surface area contributed by atoms with Gasteiger partial charge >= 0.3 is 0 Å². The number of aromatic amines is 1. The molecule has 3 aromatic rings. The third-order valence-corrected chi connectivity index (χ3v) is 5.66. The Balaban J connectivity index is 1.56. The maximum atomic E-state index is 13.4. The SMILES string of the molecule is COc1ccc(Cl)c2c(=O)c3c([nH]c12)CCN(CC(=O)Nc1ccc(F)c(C)c1)C3. The third kappa shape index (κ3) is 3.78. The number of methoxy groups -OCH3 is 1. The fourth-order valence-electron chi connectivity index (χ4n) is 3.80. The van der Waals surface area contributed by atoms with Crippen LogP contribution in [-0.2, 0) is 17.8 Å². The van der Waals surface area contributed by atoms with Crippen LogP contribution >= 0.6 is 11.6 Å². The molecule has 0 fully saturated rings. The average Bonchev–Trinajstić information content (AvgIpc) is 2.71. The number of aromatic nitrogens is 1. The minimum absolute atomic E-state index is 0.124. The Morgan fingerprint density at radius 2 is 2.13 bits per heavy atom. The number of anilines is 1. The third-order valence-electron chi connectivity index (χ3n) is 5.35. The highest BCUT2D eigenvalue weighted by Gasteiger charge is 2.24. The van der Waals surface area contributed by atoms with Crippen LogP contribution in [0.15, 0.2) is 35.1 Å². The van der Waals surface area contributed by atoms with Crippen molar-refractivity contribution in [2.45, 2.75) is 19.9 Å². The van der Waals surface area contributed by atoms with Crippen LogP contribution in [0.1, 0.15) is 16.8 Å². The van der Waals surface area contributed by atoms with E-state index in [4.69, 9.17) is 16.3 Å². The zero-order chi connectivity index (χ0) is 21.4. The summed E-state index contributed by atoms with van der Waals surface area (Å²) >= 11 is 6.29. The highest BCUT2D eigenvalue weighted by Crippen LogP contribution is 2.30. The Labute approximate surface area is 177 Å². The molecule has 2 aromatic carbocycles. The van der Waals surface area contributed by atoms with Crippen LogP contribution in [0, 0.1) is 12.7 Å². The lowest BCUT2D eigenvalue weighted by Gasteiger charge is -2.28. The summed E-state index contributed by atoms with van der Waals surface area (Å²) < 4.78 is 18.8. The van der Waals surface area contributed by atoms with Gasteiger partial charge in [0.15, 0.2) is 5.43 Å². The van der Waals surface area contributed by atoms with Crippen molar-refractivity contribution >= 4 is 34.1 Å². The zero-order valence-corrected chi connectivity index (χ0v) is 17.4. The molecule has 0 aliphatic carbocycles. The summed E-state index contributed by atoms with van der Waals surface area (Å²) in [5.41, 5.74) is 2.88. The predicted octanol–water partition coefficient (Wildman–Crippen LogP) is 3.63. The number of ether oxygens (including phenoxy) is 1. The summed E-state index contributed by atoms with van der Waals surface area (Å²) in [5, 5.41) is 3.53. The second kappa shape index (κ2) is 8.08. The molecule has 1 aliphatic rings. The molecule has 0 atom stereocenters. The first kappa shape index (κ1) is 20.4. The van der Waals surface area contributed by atoms with Gasteiger partial charge in [0.05, 0.1) is 29.6 Å². The summed E-state index contributed by atoms with van der Waals surface area (Å²) in [6.07, 6.45) is 0.596. The van der Waals surface area contributed by atoms with Crippen molar-refractivity contribution in [2.75, 3.05) is 25.5 Å². The Morgan fingerprint density at radius 1 is 1.33 bits per heavy atom. The van der Waals surface area contributed by atoms with Crippen LogP contribution in [0.2, 0.25) is 5.02 Å². The lowest BCUT2D eigenvalue weighted by Crippen LogP contribution is -2.39. The maximum absolute atomic E-state index is 13.4. The van der Waals surface area contributed by atoms with Gasteiger partial charge in [0.25, 0.3) is 0 Å². The molecule has 4 rings (SSSR count). The number of carbonyl (C=O) groups excluding carboxylic acids is 1. The zero-order valence-electron chi connectivity index (χ0n) is 16.6. The number of nitrogens with zero attached hydrogens (tertiary/aromatic N) is 1. The predicted molar refractivity (Wildman–Crippen MR) is 115 cm³/mol. The maximum Gasteiger partial charge on any atom is 0.238 e. The van der Waals surface area contributed by atoms with Crippen molar-refractivity contribution in [2.24, 2.45) is 0 Å². The van der Waals surface area contributed by atoms with E-state index in [1.807, 2.05) is 4.90 Å². The van der Waals surface area contributed by atoms with Gasteiger partial charge in [0, 0.05) is 36.5 Å². The number of pyridine rings is 1. The van der Waals surface area contributed by atoms with E-state index in [1.165, 1.54) is 12.1 Å². The normalized spacial score (nSPS) is 13.9. The minimum Gasteiger partial charge on any atom is -0.495 e. The quantitative estimate of drug-likeness (QED) is 0.664. The standard InChI is InChI=1S/C22H21ClFN3O3/c1-12-9-13(3-5-16(12)24)25-19(28)11-27-8-7-17-14(10-27)22(29)20-15(23)4-6-18(30-2)21(20)26-17/h3-6,9H,7-8,10-11H2,1-2H3,(H,25,28)(H,26,29). The van der Waals surface area contributed by atoms with Crippen LogP contribution in [0.3, 0.4) is 0 Å². The first-order chi connectivity index (χ1) is 14.4. The molecule has 0 radical (unpaired) electrons. The summed E-state index contributed by atoms with van der Waals surface area (Å²) in [4.78, 5) is 30.8. The molecule has 1 aliphatic heterocycles. The molecule has 0 saturated heterocycles. The van der Waals surface area contributed by atoms with E-state index in [0.717, 1.165) is 5.69 Å². The minimum atomic E-state index is -0.317. The Hall–Kier alpha value is -2.90. The van der Waals surface area contributed by atoms with E-state index in [0.29, 0.717) is 58.0 Å². The number of amides is 1. The van der Waals surface area contributed by atoms with E-state index >= 15 is 0 Å². The molecule has 1 aromatic heterocycles. The Bertz CT molecular complexity index is 1210. The second-order valence-electron chi connectivity index (χ2n) is 7.38. The lowest BCUT2D eigenvalue weighted by molar-refractivity contribution is -0.117. The fraction of sp³-hybridized carbons (Fsp3) is 0.273.